The zero-order chi connectivity index (χ0) is 13.9. The predicted octanol–water partition coefficient (Wildman–Crippen LogP) is 3.90. The largest absolute Gasteiger partial charge is 0.497 e. The molecule has 3 rings (SSSR count). The number of ether oxygens (including phenoxy) is 2. The summed E-state index contributed by atoms with van der Waals surface area (Å²) in [7, 11) is 1.65. The molecule has 0 bridgehead atoms. The van der Waals surface area contributed by atoms with Crippen molar-refractivity contribution in [3.05, 3.63) is 65.4 Å². The average molecular weight is 265 g/mol. The number of allylic oxidation sites excluding steroid dienone is 1. The van der Waals surface area contributed by atoms with Gasteiger partial charge in [0.1, 0.15) is 11.5 Å². The molecule has 20 heavy (non-hydrogen) atoms. The van der Waals surface area contributed by atoms with Crippen LogP contribution in [0.3, 0.4) is 0 Å². The van der Waals surface area contributed by atoms with Gasteiger partial charge in [0.25, 0.3) is 0 Å². The van der Waals surface area contributed by atoms with Crippen LogP contribution in [0.2, 0.25) is 0 Å². The lowest BCUT2D eigenvalue weighted by molar-refractivity contribution is 0.414. The highest BCUT2D eigenvalue weighted by Gasteiger charge is 2.13. The molecule has 0 saturated heterocycles. The molecule has 0 aromatic heterocycles. The summed E-state index contributed by atoms with van der Waals surface area (Å²) in [5.74, 6) is 2.24. The van der Waals surface area contributed by atoms with Crippen molar-refractivity contribution < 1.29 is 9.47 Å². The highest BCUT2D eigenvalue weighted by molar-refractivity contribution is 5.97. The second-order valence-corrected chi connectivity index (χ2v) is 4.57. The van der Waals surface area contributed by atoms with Crippen LogP contribution in [0.4, 0.5) is 0 Å². The average Bonchev–Trinajstić information content (AvgIpc) is 2.65. The molecule has 0 atom stereocenters. The Morgan fingerprint density at radius 2 is 1.75 bits per heavy atom. The SMILES string of the molecule is COc1ccc(C2=NC(C)=Cc3ccccc3O2)cc1. The molecule has 3 nitrogen and oxygen atoms in total. The predicted molar refractivity (Wildman–Crippen MR) is 80.3 cm³/mol. The lowest BCUT2D eigenvalue weighted by Gasteiger charge is -2.09. The second kappa shape index (κ2) is 5.21. The third-order valence-corrected chi connectivity index (χ3v) is 3.10. The van der Waals surface area contributed by atoms with E-state index in [1.807, 2.05) is 61.5 Å². The summed E-state index contributed by atoms with van der Waals surface area (Å²) in [6.07, 6.45) is 2.02. The Bertz CT molecular complexity index is 684. The van der Waals surface area contributed by atoms with Gasteiger partial charge < -0.3 is 9.47 Å². The van der Waals surface area contributed by atoms with E-state index in [1.54, 1.807) is 7.11 Å². The molecule has 0 saturated carbocycles. The van der Waals surface area contributed by atoms with Gasteiger partial charge in [0.2, 0.25) is 5.90 Å². The molecular weight excluding hydrogens is 250 g/mol. The highest BCUT2D eigenvalue weighted by Crippen LogP contribution is 2.26. The number of benzene rings is 2. The van der Waals surface area contributed by atoms with Gasteiger partial charge in [-0.2, -0.15) is 0 Å². The molecule has 2 aromatic carbocycles. The summed E-state index contributed by atoms with van der Waals surface area (Å²) in [4.78, 5) is 4.53. The van der Waals surface area contributed by atoms with E-state index >= 15 is 0 Å². The minimum absolute atomic E-state index is 0.603. The van der Waals surface area contributed by atoms with Crippen molar-refractivity contribution in [1.82, 2.24) is 0 Å². The second-order valence-electron chi connectivity index (χ2n) is 4.57. The smallest absolute Gasteiger partial charge is 0.226 e. The van der Waals surface area contributed by atoms with Crippen molar-refractivity contribution >= 4 is 12.0 Å². The Balaban J connectivity index is 2.00. The van der Waals surface area contributed by atoms with Gasteiger partial charge in [0.15, 0.2) is 0 Å². The number of hydrogen-bond acceptors (Lipinski definition) is 3. The lowest BCUT2D eigenvalue weighted by Crippen LogP contribution is -2.10. The minimum atomic E-state index is 0.603. The van der Waals surface area contributed by atoms with Crippen molar-refractivity contribution in [2.24, 2.45) is 4.99 Å². The molecule has 3 heteroatoms. The fourth-order valence-electron chi connectivity index (χ4n) is 2.09. The fourth-order valence-corrected chi connectivity index (χ4v) is 2.09. The topological polar surface area (TPSA) is 30.8 Å². The van der Waals surface area contributed by atoms with E-state index in [-0.39, 0.29) is 0 Å². The van der Waals surface area contributed by atoms with E-state index in [1.165, 1.54) is 0 Å². The van der Waals surface area contributed by atoms with Crippen LogP contribution >= 0.6 is 0 Å². The van der Waals surface area contributed by atoms with Crippen LogP contribution in [0.5, 0.6) is 11.5 Å². The standard InChI is InChI=1S/C17H15NO2/c1-12-11-14-5-3-4-6-16(14)20-17(18-12)13-7-9-15(19-2)10-8-13/h3-11H,1-2H3. The summed E-state index contributed by atoms with van der Waals surface area (Å²) in [6.45, 7) is 1.97. The maximum Gasteiger partial charge on any atom is 0.226 e. The molecule has 0 radical (unpaired) electrons. The van der Waals surface area contributed by atoms with Gasteiger partial charge in [-0.05, 0) is 43.3 Å². The number of methoxy groups -OCH3 is 1. The molecule has 1 aliphatic rings. The van der Waals surface area contributed by atoms with Gasteiger partial charge >= 0.3 is 0 Å². The van der Waals surface area contributed by atoms with E-state index in [0.29, 0.717) is 5.90 Å². The Labute approximate surface area is 118 Å². The third kappa shape index (κ3) is 2.43. The summed E-state index contributed by atoms with van der Waals surface area (Å²) >= 11 is 0. The first-order valence-corrected chi connectivity index (χ1v) is 6.44. The van der Waals surface area contributed by atoms with E-state index < -0.39 is 0 Å². The van der Waals surface area contributed by atoms with Crippen molar-refractivity contribution in [2.45, 2.75) is 6.92 Å². The Kier molecular flexibility index (Phi) is 3.25. The number of aliphatic imine (C=N–C) groups is 1. The van der Waals surface area contributed by atoms with Crippen LogP contribution in [-0.2, 0) is 0 Å². The van der Waals surface area contributed by atoms with Crippen LogP contribution in [0, 0.1) is 0 Å². The first kappa shape index (κ1) is 12.5. The van der Waals surface area contributed by atoms with Gasteiger partial charge in [-0.25, -0.2) is 4.99 Å². The van der Waals surface area contributed by atoms with Crippen molar-refractivity contribution in [3.8, 4) is 11.5 Å². The molecule has 0 aliphatic carbocycles. The lowest BCUT2D eigenvalue weighted by atomic mass is 10.2. The monoisotopic (exact) mass is 265 g/mol. The molecule has 1 aliphatic heterocycles. The van der Waals surface area contributed by atoms with Gasteiger partial charge in [-0.3, -0.25) is 0 Å². The molecule has 1 heterocycles. The quantitative estimate of drug-likeness (QED) is 0.824. The van der Waals surface area contributed by atoms with Crippen molar-refractivity contribution in [2.75, 3.05) is 7.11 Å². The molecule has 0 unspecified atom stereocenters. The molecule has 100 valence electrons. The third-order valence-electron chi connectivity index (χ3n) is 3.10. The molecule has 0 N–H and O–H groups in total. The normalized spacial score (nSPS) is 13.5. The Morgan fingerprint density at radius 3 is 2.50 bits per heavy atom. The minimum Gasteiger partial charge on any atom is -0.497 e. The zero-order valence-electron chi connectivity index (χ0n) is 11.5. The number of nitrogens with zero attached hydrogens (tertiary/aromatic N) is 1. The molecule has 0 fully saturated rings. The van der Waals surface area contributed by atoms with Gasteiger partial charge in [0, 0.05) is 16.8 Å². The van der Waals surface area contributed by atoms with E-state index in [2.05, 4.69) is 4.99 Å². The van der Waals surface area contributed by atoms with Gasteiger partial charge in [-0.15, -0.1) is 0 Å². The van der Waals surface area contributed by atoms with E-state index in [4.69, 9.17) is 9.47 Å². The number of rotatable bonds is 2. The summed E-state index contributed by atoms with van der Waals surface area (Å²) in [5.41, 5.74) is 2.88. The van der Waals surface area contributed by atoms with Crippen LogP contribution in [-0.4, -0.2) is 13.0 Å². The van der Waals surface area contributed by atoms with Gasteiger partial charge in [0.05, 0.1) is 7.11 Å². The summed E-state index contributed by atoms with van der Waals surface area (Å²) in [6, 6.07) is 15.6. The first-order valence-electron chi connectivity index (χ1n) is 6.44. The molecular formula is C17H15NO2. The van der Waals surface area contributed by atoms with Crippen molar-refractivity contribution in [1.29, 1.82) is 0 Å². The maximum atomic E-state index is 5.94. The summed E-state index contributed by atoms with van der Waals surface area (Å²) < 4.78 is 11.1. The maximum absolute atomic E-state index is 5.94. The Hall–Kier alpha value is -2.55. The Morgan fingerprint density at radius 1 is 1.00 bits per heavy atom. The van der Waals surface area contributed by atoms with Crippen LogP contribution in [0.25, 0.3) is 6.08 Å². The molecule has 0 amide bonds. The summed E-state index contributed by atoms with van der Waals surface area (Å²) in [5, 5.41) is 0. The zero-order valence-corrected chi connectivity index (χ0v) is 11.5. The number of para-hydroxylation sites is 1. The van der Waals surface area contributed by atoms with Crippen LogP contribution < -0.4 is 9.47 Å². The van der Waals surface area contributed by atoms with Crippen LogP contribution in [0.15, 0.2) is 59.2 Å². The molecule has 2 aromatic rings. The number of fused-ring (bicyclic) bond motifs is 1. The first-order chi connectivity index (χ1) is 9.76. The highest BCUT2D eigenvalue weighted by atomic mass is 16.5. The molecule has 0 spiro atoms. The number of hydrogen-bond donors (Lipinski definition) is 0. The van der Waals surface area contributed by atoms with Crippen LogP contribution in [0.1, 0.15) is 18.1 Å². The van der Waals surface area contributed by atoms with E-state index in [9.17, 15) is 0 Å². The van der Waals surface area contributed by atoms with E-state index in [0.717, 1.165) is 28.3 Å². The van der Waals surface area contributed by atoms with Gasteiger partial charge in [-0.1, -0.05) is 18.2 Å². The van der Waals surface area contributed by atoms with Crippen molar-refractivity contribution in [3.63, 3.8) is 0 Å². The fraction of sp³-hybridized carbons (Fsp3) is 0.118.